The lowest BCUT2D eigenvalue weighted by Gasteiger charge is -2.59. The first kappa shape index (κ1) is 48.8. The van der Waals surface area contributed by atoms with Crippen molar-refractivity contribution < 1.29 is 43.6 Å². The van der Waals surface area contributed by atoms with Crippen LogP contribution in [0.15, 0.2) is 60.3 Å². The summed E-state index contributed by atoms with van der Waals surface area (Å²) in [6, 6.07) is 4.80. The van der Waals surface area contributed by atoms with Crippen molar-refractivity contribution in [3.8, 4) is 11.5 Å². The van der Waals surface area contributed by atoms with Gasteiger partial charge in [-0.15, -0.1) is 13.2 Å². The number of nitrogens with one attached hydrogen (secondary N) is 1. The summed E-state index contributed by atoms with van der Waals surface area (Å²) in [4.78, 5) is 34.2. The van der Waals surface area contributed by atoms with Crippen LogP contribution in [0.1, 0.15) is 141 Å². The molecule has 0 spiro atoms. The van der Waals surface area contributed by atoms with Gasteiger partial charge in [-0.2, -0.15) is 0 Å². The Balaban J connectivity index is 1.71. The van der Waals surface area contributed by atoms with Crippen LogP contribution in [0.5, 0.6) is 11.5 Å². The van der Waals surface area contributed by atoms with Gasteiger partial charge in [0.2, 0.25) is 5.79 Å². The summed E-state index contributed by atoms with van der Waals surface area (Å²) < 4.78 is 25.6. The molecule has 1 aromatic carbocycles. The fourth-order valence-electron chi connectivity index (χ4n) is 9.34. The first-order valence-corrected chi connectivity index (χ1v) is 23.0. The molecule has 12 heteroatoms. The highest BCUT2D eigenvalue weighted by Gasteiger charge is 2.65. The van der Waals surface area contributed by atoms with E-state index in [0.29, 0.717) is 49.6 Å². The number of carbonyl (C=O) groups is 2. The number of aliphatic hydroxyl groups is 2. The van der Waals surface area contributed by atoms with Crippen molar-refractivity contribution in [2.45, 2.75) is 147 Å². The van der Waals surface area contributed by atoms with E-state index in [0.717, 1.165) is 56.1 Å². The van der Waals surface area contributed by atoms with E-state index in [1.165, 1.54) is 44.9 Å². The average molecular weight is 838 g/mol. The molecule has 6 atom stereocenters. The van der Waals surface area contributed by atoms with Crippen LogP contribution in [-0.4, -0.2) is 91.5 Å². The van der Waals surface area contributed by atoms with Gasteiger partial charge in [-0.25, -0.2) is 9.59 Å². The van der Waals surface area contributed by atoms with Crippen molar-refractivity contribution in [2.24, 2.45) is 22.9 Å². The number of oxime groups is 1. The summed E-state index contributed by atoms with van der Waals surface area (Å²) >= 11 is 0. The molecule has 1 heterocycles. The van der Waals surface area contributed by atoms with E-state index in [4.69, 9.17) is 23.8 Å². The van der Waals surface area contributed by atoms with Gasteiger partial charge in [0.15, 0.2) is 0 Å². The molecule has 60 heavy (non-hydrogen) atoms. The molecule has 336 valence electrons. The Morgan fingerprint density at radius 1 is 0.950 bits per heavy atom. The molecule has 1 aliphatic heterocycles. The molecule has 0 aromatic heterocycles. The maximum atomic E-state index is 13.8. The van der Waals surface area contributed by atoms with E-state index in [2.05, 4.69) is 36.6 Å². The number of fused-ring (bicyclic) bond motifs is 2. The molecule has 3 N–H and O–H groups in total. The smallest absolute Gasteiger partial charge is 0.412 e. The molecular weight excluding hydrogens is 763 g/mol. The second kappa shape index (κ2) is 26.5. The summed E-state index contributed by atoms with van der Waals surface area (Å²) in [5.41, 5.74) is 2.50. The van der Waals surface area contributed by atoms with Crippen molar-refractivity contribution in [1.29, 1.82) is 0 Å². The number of carbonyl (C=O) groups excluding carboxylic acids is 2. The van der Waals surface area contributed by atoms with Gasteiger partial charge in [-0.05, 0) is 81.1 Å². The van der Waals surface area contributed by atoms with Crippen LogP contribution in [0.25, 0.3) is 0 Å². The van der Waals surface area contributed by atoms with E-state index in [-0.39, 0.29) is 50.6 Å². The van der Waals surface area contributed by atoms with Gasteiger partial charge in [0.1, 0.15) is 24.1 Å². The Kier molecular flexibility index (Phi) is 21.5. The zero-order valence-electron chi connectivity index (χ0n) is 36.9. The van der Waals surface area contributed by atoms with Crippen LogP contribution in [0.2, 0.25) is 0 Å². The number of rotatable bonds is 29. The molecule has 0 unspecified atom stereocenters. The third-order valence-electron chi connectivity index (χ3n) is 12.3. The molecule has 1 fully saturated rings. The van der Waals surface area contributed by atoms with E-state index >= 15 is 0 Å². The molecule has 1 saturated carbocycles. The highest BCUT2D eigenvalue weighted by atomic mass is 16.7. The topological polar surface area (TPSA) is 148 Å². The van der Waals surface area contributed by atoms with E-state index in [1.54, 1.807) is 30.2 Å². The van der Waals surface area contributed by atoms with Gasteiger partial charge in [0.25, 0.3) is 0 Å². The number of unbranched alkanes of at least 4 members (excludes halogenated alkanes) is 11. The van der Waals surface area contributed by atoms with Crippen LogP contribution in [0, 0.1) is 17.8 Å². The summed E-state index contributed by atoms with van der Waals surface area (Å²) in [7, 11) is 1.70. The monoisotopic (exact) mass is 838 g/mol. The predicted octanol–water partition coefficient (Wildman–Crippen LogP) is 9.99. The van der Waals surface area contributed by atoms with E-state index < -0.39 is 29.9 Å². The minimum absolute atomic E-state index is 0.0377. The second-order valence-electron chi connectivity index (χ2n) is 16.5. The van der Waals surface area contributed by atoms with Crippen LogP contribution >= 0.6 is 0 Å². The van der Waals surface area contributed by atoms with Crippen molar-refractivity contribution in [1.82, 2.24) is 10.2 Å². The van der Waals surface area contributed by atoms with E-state index in [9.17, 15) is 19.8 Å². The van der Waals surface area contributed by atoms with Gasteiger partial charge >= 0.3 is 12.2 Å². The van der Waals surface area contributed by atoms with E-state index in [1.807, 2.05) is 19.1 Å². The molecule has 0 radical (unpaired) electrons. The third-order valence-corrected chi connectivity index (χ3v) is 12.3. The van der Waals surface area contributed by atoms with Gasteiger partial charge in [-0.3, -0.25) is 0 Å². The Morgan fingerprint density at radius 2 is 1.65 bits per heavy atom. The largest absolute Gasteiger partial charge is 0.459 e. The maximum absolute atomic E-state index is 13.8. The normalized spacial score (nSPS) is 23.4. The number of amides is 2. The molecule has 3 aliphatic rings. The highest BCUT2D eigenvalue weighted by molar-refractivity contribution is 6.02. The number of benzene rings is 1. The number of ether oxygens (including phenoxy) is 4. The summed E-state index contributed by atoms with van der Waals surface area (Å²) in [5, 5.41) is 27.3. The van der Waals surface area contributed by atoms with Crippen LogP contribution < -0.4 is 14.8 Å². The predicted molar refractivity (Wildman–Crippen MR) is 236 cm³/mol. The number of nitrogens with zero attached hydrogens (tertiary/aromatic N) is 2. The molecule has 2 amide bonds. The van der Waals surface area contributed by atoms with Crippen molar-refractivity contribution >= 4 is 17.9 Å². The number of hydrogen-bond donors (Lipinski definition) is 3. The first-order chi connectivity index (χ1) is 29.3. The summed E-state index contributed by atoms with van der Waals surface area (Å²) in [6.07, 6.45) is 22.2. The minimum atomic E-state index is -1.39. The average Bonchev–Trinajstić information content (AvgIpc) is 3.25. The highest BCUT2D eigenvalue weighted by Crippen LogP contribution is 2.61. The SMILES string of the molecule is C=CCCOC(=O)N(C)[C@H]1CC(=NOCC)C2=C[C@H](CCCCO)[C@@H](CCCCO)[C@@H]3c4cc(OC(=O)NCCCCCCCCCCCC)ccc4O[C@@]1(OCC=C)[C@H]23. The van der Waals surface area contributed by atoms with Crippen molar-refractivity contribution in [3.05, 3.63) is 60.7 Å². The summed E-state index contributed by atoms with van der Waals surface area (Å²) in [5.74, 6) is -1.02. The lowest BCUT2D eigenvalue weighted by molar-refractivity contribution is -0.253. The Bertz CT molecular complexity index is 1550. The molecule has 0 saturated heterocycles. The molecule has 12 nitrogen and oxygen atoms in total. The van der Waals surface area contributed by atoms with Gasteiger partial charge in [0.05, 0.1) is 24.8 Å². The van der Waals surface area contributed by atoms with Crippen molar-refractivity contribution in [2.75, 3.05) is 46.6 Å². The quantitative estimate of drug-likeness (QED) is 0.0407. The minimum Gasteiger partial charge on any atom is -0.459 e. The van der Waals surface area contributed by atoms with Gasteiger partial charge in [0, 0.05) is 44.7 Å². The summed E-state index contributed by atoms with van der Waals surface area (Å²) in [6.45, 7) is 13.3. The van der Waals surface area contributed by atoms with Crippen LogP contribution in [-0.2, 0) is 14.3 Å². The number of hydrogen-bond acceptors (Lipinski definition) is 10. The van der Waals surface area contributed by atoms with Gasteiger partial charge < -0.3 is 44.2 Å². The second-order valence-corrected chi connectivity index (χ2v) is 16.5. The maximum Gasteiger partial charge on any atom is 0.412 e. The number of aliphatic hydroxyl groups excluding tert-OH is 2. The van der Waals surface area contributed by atoms with Crippen LogP contribution in [0.4, 0.5) is 9.59 Å². The number of likely N-dealkylation sites (N-methyl/N-ethyl adjacent to an activating group) is 1. The molecule has 1 aromatic rings. The van der Waals surface area contributed by atoms with Crippen molar-refractivity contribution in [3.63, 3.8) is 0 Å². The molecule has 4 rings (SSSR count). The van der Waals surface area contributed by atoms with Gasteiger partial charge in [-0.1, -0.05) is 101 Å². The number of allylic oxidation sites excluding steroid dienone is 1. The standard InChI is InChI=1S/C48H75N3O9/c1-6-10-12-13-14-15-16-17-18-21-28-49-46(54)59-37-26-27-42-40(34-37)44-38(25-20-23-30-53)36(24-19-22-29-52)33-39-41(50-58-9-4)35-43(51(5)47(55)56-32-11-7-2)48(60-42,45(39)44)57-31-8-3/h7-8,26-27,33-34,36,38,43-45,52-53H,2-3,6,9-25,28-32,35H2,1,4-5H3,(H,49,54)/t36-,38+,43-,44+,45+,48+/m0/s1. The zero-order valence-corrected chi connectivity index (χ0v) is 36.9. The third kappa shape index (κ3) is 13.3. The molecule has 2 aliphatic carbocycles. The molecular formula is C48H75N3O9. The van der Waals surface area contributed by atoms with Crippen LogP contribution in [0.3, 0.4) is 0 Å². The Labute approximate surface area is 359 Å². The first-order valence-electron chi connectivity index (χ1n) is 23.0. The lowest BCUT2D eigenvalue weighted by atomic mass is 9.55. The fraction of sp³-hybridized carbons (Fsp3) is 0.688. The lowest BCUT2D eigenvalue weighted by Crippen LogP contribution is -2.69. The Hall–Kier alpha value is -3.87. The zero-order chi connectivity index (χ0) is 43.2. The Morgan fingerprint density at radius 3 is 2.32 bits per heavy atom. The molecule has 0 bridgehead atoms. The fourth-order valence-corrected chi connectivity index (χ4v) is 9.34.